The first-order chi connectivity index (χ1) is 11.3. The first kappa shape index (κ1) is 18.7. The summed E-state index contributed by atoms with van der Waals surface area (Å²) < 4.78 is 0. The molecule has 0 spiro atoms. The summed E-state index contributed by atoms with van der Waals surface area (Å²) in [5, 5.41) is 0. The third-order valence-corrected chi connectivity index (χ3v) is 5.48. The first-order valence-electron chi connectivity index (χ1n) is 8.97. The lowest BCUT2D eigenvalue weighted by molar-refractivity contribution is -0.126. The van der Waals surface area contributed by atoms with Gasteiger partial charge < -0.3 is 4.90 Å². The SMILES string of the molecule is CC1=C(C(=O)N(C)C)[C@H](C(C)C)N(Cc2ccccc2)[C@H](C)[C@@H]1C. The molecule has 0 aromatic heterocycles. The Labute approximate surface area is 147 Å². The van der Waals surface area contributed by atoms with E-state index in [9.17, 15) is 4.79 Å². The van der Waals surface area contributed by atoms with Crippen molar-refractivity contribution in [3.63, 3.8) is 0 Å². The molecule has 1 aromatic carbocycles. The number of rotatable bonds is 4. The van der Waals surface area contributed by atoms with Gasteiger partial charge in [0.25, 0.3) is 5.91 Å². The monoisotopic (exact) mass is 328 g/mol. The molecular formula is C21H32N2O. The van der Waals surface area contributed by atoms with Crippen LogP contribution < -0.4 is 0 Å². The topological polar surface area (TPSA) is 23.6 Å². The number of carbonyl (C=O) groups excluding carboxylic acids is 1. The average Bonchev–Trinajstić information content (AvgIpc) is 2.55. The molecule has 3 atom stereocenters. The lowest BCUT2D eigenvalue weighted by atomic mass is 9.77. The summed E-state index contributed by atoms with van der Waals surface area (Å²) in [6, 6.07) is 11.1. The highest BCUT2D eigenvalue weighted by atomic mass is 16.2. The number of likely N-dealkylation sites (N-methyl/N-ethyl adjacent to an activating group) is 1. The summed E-state index contributed by atoms with van der Waals surface area (Å²) in [5.74, 6) is 0.920. The van der Waals surface area contributed by atoms with Crippen molar-refractivity contribution in [2.45, 2.75) is 53.2 Å². The Morgan fingerprint density at radius 1 is 1.17 bits per heavy atom. The Morgan fingerprint density at radius 3 is 2.25 bits per heavy atom. The minimum Gasteiger partial charge on any atom is -0.345 e. The lowest BCUT2D eigenvalue weighted by Gasteiger charge is -2.47. The van der Waals surface area contributed by atoms with Crippen molar-refractivity contribution in [1.82, 2.24) is 9.80 Å². The fraction of sp³-hybridized carbons (Fsp3) is 0.571. The molecule has 2 rings (SSSR count). The van der Waals surface area contributed by atoms with Gasteiger partial charge in [-0.3, -0.25) is 9.69 Å². The van der Waals surface area contributed by atoms with Gasteiger partial charge in [0.1, 0.15) is 0 Å². The molecule has 0 aliphatic carbocycles. The van der Waals surface area contributed by atoms with E-state index in [1.807, 2.05) is 14.1 Å². The smallest absolute Gasteiger partial charge is 0.250 e. The Balaban J connectivity index is 2.48. The molecule has 1 heterocycles. The molecule has 24 heavy (non-hydrogen) atoms. The van der Waals surface area contributed by atoms with Crippen LogP contribution in [0.3, 0.4) is 0 Å². The van der Waals surface area contributed by atoms with Crippen LogP contribution in [0.5, 0.6) is 0 Å². The van der Waals surface area contributed by atoms with Crippen LogP contribution in [0.4, 0.5) is 0 Å². The number of nitrogens with zero attached hydrogens (tertiary/aromatic N) is 2. The zero-order valence-electron chi connectivity index (χ0n) is 16.2. The molecule has 1 aliphatic rings. The van der Waals surface area contributed by atoms with E-state index < -0.39 is 0 Å². The van der Waals surface area contributed by atoms with E-state index in [1.54, 1.807) is 4.90 Å². The van der Waals surface area contributed by atoms with Gasteiger partial charge in [-0.2, -0.15) is 0 Å². The first-order valence-corrected chi connectivity index (χ1v) is 8.97. The van der Waals surface area contributed by atoms with E-state index >= 15 is 0 Å². The Hall–Kier alpha value is -1.61. The molecule has 3 heteroatoms. The van der Waals surface area contributed by atoms with Crippen LogP contribution in [0, 0.1) is 11.8 Å². The minimum atomic E-state index is 0.156. The second-order valence-electron chi connectivity index (χ2n) is 7.67. The third-order valence-electron chi connectivity index (χ3n) is 5.48. The molecule has 0 bridgehead atoms. The molecule has 0 unspecified atom stereocenters. The molecule has 0 saturated heterocycles. The molecule has 0 fully saturated rings. The quantitative estimate of drug-likeness (QED) is 0.835. The Morgan fingerprint density at radius 2 is 1.75 bits per heavy atom. The fourth-order valence-electron chi connectivity index (χ4n) is 3.84. The van der Waals surface area contributed by atoms with E-state index in [4.69, 9.17) is 0 Å². The van der Waals surface area contributed by atoms with Gasteiger partial charge in [0.2, 0.25) is 0 Å². The molecule has 0 N–H and O–H groups in total. The number of benzene rings is 1. The van der Waals surface area contributed by atoms with E-state index in [0.717, 1.165) is 12.1 Å². The van der Waals surface area contributed by atoms with Gasteiger partial charge in [-0.25, -0.2) is 0 Å². The van der Waals surface area contributed by atoms with Gasteiger partial charge in [0, 0.05) is 38.3 Å². The van der Waals surface area contributed by atoms with Gasteiger partial charge in [-0.15, -0.1) is 0 Å². The molecule has 1 aromatic rings. The van der Waals surface area contributed by atoms with Crippen molar-refractivity contribution >= 4 is 5.91 Å². The van der Waals surface area contributed by atoms with Crippen LogP contribution in [-0.4, -0.2) is 41.9 Å². The maximum atomic E-state index is 12.9. The van der Waals surface area contributed by atoms with Gasteiger partial charge in [-0.05, 0) is 31.2 Å². The normalized spacial score (nSPS) is 25.2. The van der Waals surface area contributed by atoms with Crippen LogP contribution in [0.1, 0.15) is 40.2 Å². The molecular weight excluding hydrogens is 296 g/mol. The zero-order valence-corrected chi connectivity index (χ0v) is 16.2. The predicted molar refractivity (Wildman–Crippen MR) is 101 cm³/mol. The van der Waals surface area contributed by atoms with Gasteiger partial charge in [-0.1, -0.05) is 56.7 Å². The highest BCUT2D eigenvalue weighted by Crippen LogP contribution is 2.37. The van der Waals surface area contributed by atoms with Crippen molar-refractivity contribution in [1.29, 1.82) is 0 Å². The van der Waals surface area contributed by atoms with Crippen molar-refractivity contribution in [2.75, 3.05) is 14.1 Å². The van der Waals surface area contributed by atoms with Gasteiger partial charge >= 0.3 is 0 Å². The summed E-state index contributed by atoms with van der Waals surface area (Å²) in [4.78, 5) is 17.2. The van der Waals surface area contributed by atoms with Crippen LogP contribution in [0.25, 0.3) is 0 Å². The number of carbonyl (C=O) groups is 1. The van der Waals surface area contributed by atoms with Crippen molar-refractivity contribution in [2.24, 2.45) is 11.8 Å². The summed E-state index contributed by atoms with van der Waals surface area (Å²) in [6.07, 6.45) is 0. The highest BCUT2D eigenvalue weighted by molar-refractivity contribution is 5.95. The fourth-order valence-corrected chi connectivity index (χ4v) is 3.84. The van der Waals surface area contributed by atoms with E-state index in [0.29, 0.717) is 17.9 Å². The van der Waals surface area contributed by atoms with Crippen LogP contribution >= 0.6 is 0 Å². The number of amides is 1. The number of hydrogen-bond acceptors (Lipinski definition) is 2. The molecule has 0 radical (unpaired) electrons. The largest absolute Gasteiger partial charge is 0.345 e. The van der Waals surface area contributed by atoms with Crippen LogP contribution in [0.15, 0.2) is 41.5 Å². The van der Waals surface area contributed by atoms with E-state index in [-0.39, 0.29) is 11.9 Å². The Bertz CT molecular complexity index is 604. The van der Waals surface area contributed by atoms with Gasteiger partial charge in [0.15, 0.2) is 0 Å². The molecule has 1 amide bonds. The maximum Gasteiger partial charge on any atom is 0.250 e. The minimum absolute atomic E-state index is 0.156. The highest BCUT2D eigenvalue weighted by Gasteiger charge is 2.41. The summed E-state index contributed by atoms with van der Waals surface area (Å²) in [7, 11) is 3.70. The third kappa shape index (κ3) is 3.56. The molecule has 3 nitrogen and oxygen atoms in total. The lowest BCUT2D eigenvalue weighted by Crippen LogP contribution is -2.54. The summed E-state index contributed by atoms with van der Waals surface area (Å²) >= 11 is 0. The second-order valence-corrected chi connectivity index (χ2v) is 7.67. The predicted octanol–water partition coefficient (Wildman–Crippen LogP) is 3.96. The Kier molecular flexibility index (Phi) is 5.87. The van der Waals surface area contributed by atoms with Crippen LogP contribution in [-0.2, 0) is 11.3 Å². The molecule has 0 saturated carbocycles. The van der Waals surface area contributed by atoms with Crippen LogP contribution in [0.2, 0.25) is 0 Å². The van der Waals surface area contributed by atoms with E-state index in [2.05, 4.69) is 69.9 Å². The zero-order chi connectivity index (χ0) is 18.0. The van der Waals surface area contributed by atoms with Crippen molar-refractivity contribution in [3.05, 3.63) is 47.0 Å². The summed E-state index contributed by atoms with van der Waals surface area (Å²) in [5.41, 5.74) is 3.55. The average molecular weight is 329 g/mol. The van der Waals surface area contributed by atoms with Gasteiger partial charge in [0.05, 0.1) is 0 Å². The summed E-state index contributed by atoms with van der Waals surface area (Å²) in [6.45, 7) is 12.0. The second kappa shape index (κ2) is 7.52. The van der Waals surface area contributed by atoms with Crippen molar-refractivity contribution < 1.29 is 4.79 Å². The van der Waals surface area contributed by atoms with Crippen molar-refractivity contribution in [3.8, 4) is 0 Å². The molecule has 1 aliphatic heterocycles. The number of hydrogen-bond donors (Lipinski definition) is 0. The maximum absolute atomic E-state index is 12.9. The standard InChI is InChI=1S/C21H32N2O/c1-14(2)20-19(21(24)22(6)7)16(4)15(3)17(5)23(20)13-18-11-9-8-10-12-18/h8-12,14-15,17,20H,13H2,1-7H3/t15-,17-,20+/m1/s1. The molecule has 132 valence electrons. The van der Waals surface area contributed by atoms with E-state index in [1.165, 1.54) is 11.1 Å².